The minimum atomic E-state index is -4.61. The SMILES string of the molecule is Cc1ccc(C(=O)c2ccc(F)cc2F)cc1C(F)(F)F. The lowest BCUT2D eigenvalue weighted by Crippen LogP contribution is -2.11. The van der Waals surface area contributed by atoms with E-state index in [0.717, 1.165) is 18.2 Å². The van der Waals surface area contributed by atoms with Gasteiger partial charge in [0.1, 0.15) is 11.6 Å². The van der Waals surface area contributed by atoms with Gasteiger partial charge in [0.25, 0.3) is 0 Å². The molecule has 0 saturated carbocycles. The van der Waals surface area contributed by atoms with Crippen molar-refractivity contribution in [1.29, 1.82) is 0 Å². The molecule has 0 radical (unpaired) electrons. The van der Waals surface area contributed by atoms with Gasteiger partial charge < -0.3 is 0 Å². The van der Waals surface area contributed by atoms with Gasteiger partial charge in [0, 0.05) is 11.6 Å². The number of halogens is 5. The molecule has 6 heteroatoms. The van der Waals surface area contributed by atoms with Gasteiger partial charge >= 0.3 is 6.18 Å². The average molecular weight is 300 g/mol. The Hall–Kier alpha value is -2.24. The van der Waals surface area contributed by atoms with Gasteiger partial charge in [-0.05, 0) is 30.7 Å². The molecule has 0 saturated heterocycles. The smallest absolute Gasteiger partial charge is 0.288 e. The Balaban J connectivity index is 2.49. The molecule has 0 aliphatic heterocycles. The highest BCUT2D eigenvalue weighted by atomic mass is 19.4. The predicted octanol–water partition coefficient (Wildman–Crippen LogP) is 4.52. The van der Waals surface area contributed by atoms with Crippen LogP contribution in [0.3, 0.4) is 0 Å². The number of benzene rings is 2. The van der Waals surface area contributed by atoms with Crippen molar-refractivity contribution in [2.24, 2.45) is 0 Å². The van der Waals surface area contributed by atoms with Crippen LogP contribution < -0.4 is 0 Å². The summed E-state index contributed by atoms with van der Waals surface area (Å²) >= 11 is 0. The number of hydrogen-bond acceptors (Lipinski definition) is 1. The van der Waals surface area contributed by atoms with Gasteiger partial charge in [0.15, 0.2) is 5.78 Å². The first kappa shape index (κ1) is 15.2. The maximum atomic E-state index is 13.5. The maximum Gasteiger partial charge on any atom is 0.416 e. The molecule has 0 spiro atoms. The van der Waals surface area contributed by atoms with Gasteiger partial charge in [0.05, 0.1) is 11.1 Å². The van der Waals surface area contributed by atoms with E-state index in [4.69, 9.17) is 0 Å². The van der Waals surface area contributed by atoms with Crippen molar-refractivity contribution in [2.45, 2.75) is 13.1 Å². The van der Waals surface area contributed by atoms with Crippen molar-refractivity contribution in [3.63, 3.8) is 0 Å². The first-order valence-corrected chi connectivity index (χ1v) is 5.88. The van der Waals surface area contributed by atoms with E-state index in [1.54, 1.807) is 0 Å². The largest absolute Gasteiger partial charge is 0.416 e. The lowest BCUT2D eigenvalue weighted by atomic mass is 9.98. The molecule has 0 aromatic heterocycles. The Morgan fingerprint density at radius 3 is 2.24 bits per heavy atom. The number of ketones is 1. The first-order chi connectivity index (χ1) is 9.70. The maximum absolute atomic E-state index is 13.5. The Labute approximate surface area is 117 Å². The quantitative estimate of drug-likeness (QED) is 0.588. The van der Waals surface area contributed by atoms with E-state index in [1.807, 2.05) is 0 Å². The fraction of sp³-hybridized carbons (Fsp3) is 0.133. The monoisotopic (exact) mass is 300 g/mol. The molecule has 2 rings (SSSR count). The summed E-state index contributed by atoms with van der Waals surface area (Å²) in [6.07, 6.45) is -4.61. The molecule has 110 valence electrons. The second kappa shape index (κ2) is 5.27. The van der Waals surface area contributed by atoms with E-state index in [1.165, 1.54) is 13.0 Å². The van der Waals surface area contributed by atoms with Crippen molar-refractivity contribution in [3.8, 4) is 0 Å². The van der Waals surface area contributed by atoms with Gasteiger partial charge in [-0.25, -0.2) is 8.78 Å². The number of aryl methyl sites for hydroxylation is 1. The van der Waals surface area contributed by atoms with Crippen LogP contribution in [0.4, 0.5) is 22.0 Å². The summed E-state index contributed by atoms with van der Waals surface area (Å²) < 4.78 is 64.7. The molecule has 1 nitrogen and oxygen atoms in total. The zero-order chi connectivity index (χ0) is 15.8. The molecule has 0 fully saturated rings. The lowest BCUT2D eigenvalue weighted by Gasteiger charge is -2.12. The highest BCUT2D eigenvalue weighted by Gasteiger charge is 2.33. The summed E-state index contributed by atoms with van der Waals surface area (Å²) in [5.74, 6) is -2.92. The topological polar surface area (TPSA) is 17.1 Å². The molecule has 0 aliphatic rings. The molecule has 2 aromatic carbocycles. The fourth-order valence-electron chi connectivity index (χ4n) is 1.90. The van der Waals surface area contributed by atoms with Crippen molar-refractivity contribution in [2.75, 3.05) is 0 Å². The van der Waals surface area contributed by atoms with Crippen molar-refractivity contribution >= 4 is 5.78 Å². The summed E-state index contributed by atoms with van der Waals surface area (Å²) in [4.78, 5) is 12.0. The molecule has 0 unspecified atom stereocenters. The van der Waals surface area contributed by atoms with Crippen LogP contribution in [0.15, 0.2) is 36.4 Å². The van der Waals surface area contributed by atoms with E-state index in [0.29, 0.717) is 12.1 Å². The van der Waals surface area contributed by atoms with E-state index in [9.17, 15) is 26.7 Å². The Bertz CT molecular complexity index is 704. The second-order valence-corrected chi connectivity index (χ2v) is 4.48. The van der Waals surface area contributed by atoms with Crippen LogP contribution in [0.25, 0.3) is 0 Å². The van der Waals surface area contributed by atoms with Gasteiger partial charge in [-0.3, -0.25) is 4.79 Å². The molecule has 2 aromatic rings. The molecule has 0 aliphatic carbocycles. The van der Waals surface area contributed by atoms with Crippen LogP contribution in [0.1, 0.15) is 27.0 Å². The average Bonchev–Trinajstić information content (AvgIpc) is 2.37. The third kappa shape index (κ3) is 3.09. The normalized spacial score (nSPS) is 11.5. The molecule has 0 heterocycles. The predicted molar refractivity (Wildman–Crippen MR) is 66.0 cm³/mol. The summed E-state index contributed by atoms with van der Waals surface area (Å²) in [6, 6.07) is 5.26. The number of rotatable bonds is 2. The molecule has 0 amide bonds. The lowest BCUT2D eigenvalue weighted by molar-refractivity contribution is -0.138. The molecule has 0 atom stereocenters. The van der Waals surface area contributed by atoms with Crippen LogP contribution in [-0.4, -0.2) is 5.78 Å². The Morgan fingerprint density at radius 1 is 1.00 bits per heavy atom. The van der Waals surface area contributed by atoms with Gasteiger partial charge in [-0.15, -0.1) is 0 Å². The minimum absolute atomic E-state index is 0.0429. The third-order valence-electron chi connectivity index (χ3n) is 2.98. The second-order valence-electron chi connectivity index (χ2n) is 4.48. The number of carbonyl (C=O) groups is 1. The Morgan fingerprint density at radius 2 is 1.67 bits per heavy atom. The summed E-state index contributed by atoms with van der Waals surface area (Å²) in [7, 11) is 0. The summed E-state index contributed by atoms with van der Waals surface area (Å²) in [5.41, 5.74) is -1.79. The zero-order valence-electron chi connectivity index (χ0n) is 10.8. The number of hydrogen-bond donors (Lipinski definition) is 0. The number of carbonyl (C=O) groups excluding carboxylic acids is 1. The first-order valence-electron chi connectivity index (χ1n) is 5.88. The molecule has 21 heavy (non-hydrogen) atoms. The van der Waals surface area contributed by atoms with Crippen LogP contribution in [0.5, 0.6) is 0 Å². The molecule has 0 bridgehead atoms. The van der Waals surface area contributed by atoms with E-state index in [-0.39, 0.29) is 11.1 Å². The van der Waals surface area contributed by atoms with Crippen molar-refractivity contribution in [3.05, 3.63) is 70.3 Å². The molecule has 0 N–H and O–H groups in total. The standard InChI is InChI=1S/C15H9F5O/c1-8-2-3-9(6-12(8)15(18,19)20)14(21)11-5-4-10(16)7-13(11)17/h2-7H,1H3. The van der Waals surface area contributed by atoms with Gasteiger partial charge in [-0.2, -0.15) is 13.2 Å². The molecular weight excluding hydrogens is 291 g/mol. The van der Waals surface area contributed by atoms with E-state index in [2.05, 4.69) is 0 Å². The third-order valence-corrected chi connectivity index (χ3v) is 2.98. The van der Waals surface area contributed by atoms with Crippen LogP contribution in [-0.2, 0) is 6.18 Å². The zero-order valence-corrected chi connectivity index (χ0v) is 10.8. The van der Waals surface area contributed by atoms with E-state index >= 15 is 0 Å². The Kier molecular flexibility index (Phi) is 3.80. The minimum Gasteiger partial charge on any atom is -0.288 e. The van der Waals surface area contributed by atoms with Crippen LogP contribution in [0, 0.1) is 18.6 Å². The molecular formula is C15H9F5O. The van der Waals surface area contributed by atoms with Crippen LogP contribution >= 0.6 is 0 Å². The van der Waals surface area contributed by atoms with Gasteiger partial charge in [-0.1, -0.05) is 12.1 Å². The summed E-state index contributed by atoms with van der Waals surface area (Å²) in [5, 5.41) is 0. The van der Waals surface area contributed by atoms with Crippen molar-refractivity contribution in [1.82, 2.24) is 0 Å². The highest BCUT2D eigenvalue weighted by Crippen LogP contribution is 2.32. The van der Waals surface area contributed by atoms with Gasteiger partial charge in [0.2, 0.25) is 0 Å². The van der Waals surface area contributed by atoms with E-state index < -0.39 is 34.7 Å². The fourth-order valence-corrected chi connectivity index (χ4v) is 1.90. The van der Waals surface area contributed by atoms with Crippen LogP contribution in [0.2, 0.25) is 0 Å². The summed E-state index contributed by atoms with van der Waals surface area (Å²) in [6.45, 7) is 1.26. The number of alkyl halides is 3. The van der Waals surface area contributed by atoms with Crippen molar-refractivity contribution < 1.29 is 26.7 Å². The highest BCUT2D eigenvalue weighted by molar-refractivity contribution is 6.09.